The lowest BCUT2D eigenvalue weighted by Crippen LogP contribution is -2.18. The van der Waals surface area contributed by atoms with Crippen LogP contribution in [0, 0.1) is 10.1 Å². The fraction of sp³-hybridized carbons (Fsp3) is 0.200. The number of carbonyl (C=O) groups excluding carboxylic acids is 1. The van der Waals surface area contributed by atoms with E-state index in [1.807, 2.05) is 6.07 Å². The van der Waals surface area contributed by atoms with Gasteiger partial charge in [-0.25, -0.2) is 4.98 Å². The second-order valence-electron chi connectivity index (χ2n) is 4.86. The summed E-state index contributed by atoms with van der Waals surface area (Å²) in [6.07, 6.45) is 1.62. The van der Waals surface area contributed by atoms with Crippen molar-refractivity contribution in [3.05, 3.63) is 62.9 Å². The van der Waals surface area contributed by atoms with Gasteiger partial charge < -0.3 is 4.90 Å². The maximum absolute atomic E-state index is 11.4. The van der Waals surface area contributed by atoms with Crippen LogP contribution in [-0.4, -0.2) is 22.7 Å². The molecule has 7 heteroatoms. The Morgan fingerprint density at radius 3 is 2.64 bits per heavy atom. The molecule has 0 amide bonds. The van der Waals surface area contributed by atoms with Crippen LogP contribution in [0.2, 0.25) is 5.15 Å². The quantitative estimate of drug-likeness (QED) is 0.365. The van der Waals surface area contributed by atoms with Crippen LogP contribution < -0.4 is 4.90 Å². The minimum Gasteiger partial charge on any atom is -0.365 e. The van der Waals surface area contributed by atoms with Crippen LogP contribution in [0.5, 0.6) is 0 Å². The Balaban J connectivity index is 2.32. The summed E-state index contributed by atoms with van der Waals surface area (Å²) in [6.45, 7) is 1.81. The lowest BCUT2D eigenvalue weighted by atomic mass is 10.1. The predicted octanol–water partition coefficient (Wildman–Crippen LogP) is 3.48. The second kappa shape index (κ2) is 6.53. The van der Waals surface area contributed by atoms with Gasteiger partial charge in [0.2, 0.25) is 0 Å². The molecule has 0 radical (unpaired) electrons. The Bertz CT molecular complexity index is 716. The third-order valence-corrected chi connectivity index (χ3v) is 3.42. The normalized spacial score (nSPS) is 10.3. The van der Waals surface area contributed by atoms with Crippen molar-refractivity contribution in [1.82, 2.24) is 4.98 Å². The molecule has 1 aromatic heterocycles. The number of Topliss-reactive ketones (excluding diaryl/α,β-unsaturated/α-hetero) is 1. The van der Waals surface area contributed by atoms with Gasteiger partial charge >= 0.3 is 0 Å². The fourth-order valence-electron chi connectivity index (χ4n) is 2.07. The van der Waals surface area contributed by atoms with E-state index in [4.69, 9.17) is 11.6 Å². The molecule has 0 unspecified atom stereocenters. The topological polar surface area (TPSA) is 76.3 Å². The number of rotatable bonds is 5. The summed E-state index contributed by atoms with van der Waals surface area (Å²) in [5.41, 5.74) is 1.52. The first-order valence-electron chi connectivity index (χ1n) is 6.49. The zero-order valence-electron chi connectivity index (χ0n) is 12.1. The van der Waals surface area contributed by atoms with Crippen molar-refractivity contribution in [2.45, 2.75) is 13.5 Å². The van der Waals surface area contributed by atoms with Crippen LogP contribution in [0.15, 0.2) is 36.5 Å². The van der Waals surface area contributed by atoms with Crippen LogP contribution in [0.4, 0.5) is 11.4 Å². The van der Waals surface area contributed by atoms with Gasteiger partial charge in [-0.15, -0.1) is 0 Å². The molecule has 2 aromatic rings. The van der Waals surface area contributed by atoms with E-state index in [0.29, 0.717) is 22.9 Å². The Morgan fingerprint density at radius 1 is 1.36 bits per heavy atom. The fourth-order valence-corrected chi connectivity index (χ4v) is 2.18. The number of hydrogen-bond acceptors (Lipinski definition) is 5. The molecule has 0 saturated heterocycles. The summed E-state index contributed by atoms with van der Waals surface area (Å²) in [5.74, 6) is -0.209. The number of anilines is 1. The summed E-state index contributed by atoms with van der Waals surface area (Å²) >= 11 is 5.73. The molecule has 0 atom stereocenters. The third-order valence-electron chi connectivity index (χ3n) is 3.20. The van der Waals surface area contributed by atoms with Gasteiger partial charge in [0, 0.05) is 31.4 Å². The van der Waals surface area contributed by atoms with Crippen molar-refractivity contribution in [2.75, 3.05) is 11.9 Å². The predicted molar refractivity (Wildman–Crippen MR) is 84.5 cm³/mol. The Kier molecular flexibility index (Phi) is 4.72. The molecule has 1 heterocycles. The first kappa shape index (κ1) is 15.9. The summed E-state index contributed by atoms with van der Waals surface area (Å²) in [5, 5.41) is 11.6. The Labute approximate surface area is 132 Å². The van der Waals surface area contributed by atoms with E-state index in [0.717, 1.165) is 5.56 Å². The first-order valence-corrected chi connectivity index (χ1v) is 6.87. The van der Waals surface area contributed by atoms with Crippen LogP contribution in [0.1, 0.15) is 22.8 Å². The van der Waals surface area contributed by atoms with Crippen molar-refractivity contribution < 1.29 is 9.72 Å². The minimum atomic E-state index is -0.488. The number of ketones is 1. The number of aromatic nitrogens is 1. The number of nitrogens with zero attached hydrogens (tertiary/aromatic N) is 3. The van der Waals surface area contributed by atoms with E-state index >= 15 is 0 Å². The molecule has 0 aliphatic heterocycles. The van der Waals surface area contributed by atoms with Gasteiger partial charge in [-0.1, -0.05) is 17.7 Å². The summed E-state index contributed by atoms with van der Waals surface area (Å²) in [6, 6.07) is 7.94. The molecule has 0 fully saturated rings. The van der Waals surface area contributed by atoms with Crippen molar-refractivity contribution in [2.24, 2.45) is 0 Å². The number of pyridine rings is 1. The Morgan fingerprint density at radius 2 is 2.09 bits per heavy atom. The van der Waals surface area contributed by atoms with Crippen molar-refractivity contribution in [3.8, 4) is 0 Å². The van der Waals surface area contributed by atoms with E-state index in [1.54, 1.807) is 36.3 Å². The van der Waals surface area contributed by atoms with Gasteiger partial charge in [-0.05, 0) is 30.7 Å². The average molecular weight is 320 g/mol. The van der Waals surface area contributed by atoms with Gasteiger partial charge in [0.15, 0.2) is 5.78 Å². The number of nitro groups is 1. The smallest absolute Gasteiger partial charge is 0.293 e. The van der Waals surface area contributed by atoms with Gasteiger partial charge in [-0.3, -0.25) is 14.9 Å². The molecule has 0 bridgehead atoms. The number of nitro benzene ring substituents is 1. The Hall–Kier alpha value is -2.47. The highest BCUT2D eigenvalue weighted by atomic mass is 35.5. The number of carbonyl (C=O) groups is 1. The molecular weight excluding hydrogens is 306 g/mol. The van der Waals surface area contributed by atoms with Crippen LogP contribution in [-0.2, 0) is 6.54 Å². The second-order valence-corrected chi connectivity index (χ2v) is 5.25. The molecule has 0 aliphatic carbocycles. The van der Waals surface area contributed by atoms with Crippen LogP contribution in [0.3, 0.4) is 0 Å². The SMILES string of the molecule is CC(=O)c1ccc(N(C)Cc2ccc(Cl)nc2)c([N+](=O)[O-])c1. The lowest BCUT2D eigenvalue weighted by molar-refractivity contribution is -0.384. The van der Waals surface area contributed by atoms with E-state index in [1.165, 1.54) is 13.0 Å². The van der Waals surface area contributed by atoms with Gasteiger partial charge in [-0.2, -0.15) is 0 Å². The highest BCUT2D eigenvalue weighted by Crippen LogP contribution is 2.29. The van der Waals surface area contributed by atoms with Crippen molar-refractivity contribution >= 4 is 28.8 Å². The molecule has 6 nitrogen and oxygen atoms in total. The van der Waals surface area contributed by atoms with Gasteiger partial charge in [0.05, 0.1) is 4.92 Å². The molecule has 0 aliphatic rings. The number of halogens is 1. The standard InChI is InChI=1S/C15H14ClN3O3/c1-10(20)12-4-5-13(14(7-12)19(21)22)18(2)9-11-3-6-15(16)17-8-11/h3-8H,9H2,1-2H3. The molecule has 22 heavy (non-hydrogen) atoms. The number of hydrogen-bond donors (Lipinski definition) is 0. The van der Waals surface area contributed by atoms with Gasteiger partial charge in [0.1, 0.15) is 10.8 Å². The van der Waals surface area contributed by atoms with Crippen LogP contribution in [0.25, 0.3) is 0 Å². The van der Waals surface area contributed by atoms with Gasteiger partial charge in [0.25, 0.3) is 5.69 Å². The summed E-state index contributed by atoms with van der Waals surface area (Å²) in [4.78, 5) is 27.8. The molecule has 2 rings (SSSR count). The largest absolute Gasteiger partial charge is 0.365 e. The summed E-state index contributed by atoms with van der Waals surface area (Å²) < 4.78 is 0. The van der Waals surface area contributed by atoms with E-state index in [-0.39, 0.29) is 11.5 Å². The highest BCUT2D eigenvalue weighted by molar-refractivity contribution is 6.29. The third kappa shape index (κ3) is 3.59. The van der Waals surface area contributed by atoms with E-state index < -0.39 is 4.92 Å². The molecule has 1 aromatic carbocycles. The van der Waals surface area contributed by atoms with E-state index in [9.17, 15) is 14.9 Å². The van der Waals surface area contributed by atoms with Crippen molar-refractivity contribution in [1.29, 1.82) is 0 Å². The lowest BCUT2D eigenvalue weighted by Gasteiger charge is -2.19. The molecule has 0 saturated carbocycles. The average Bonchev–Trinajstić information content (AvgIpc) is 2.48. The maximum Gasteiger partial charge on any atom is 0.293 e. The molecule has 0 N–H and O–H groups in total. The molecular formula is C15H14ClN3O3. The monoisotopic (exact) mass is 319 g/mol. The first-order chi connectivity index (χ1) is 10.4. The van der Waals surface area contributed by atoms with Crippen molar-refractivity contribution in [3.63, 3.8) is 0 Å². The zero-order chi connectivity index (χ0) is 16.3. The molecule has 114 valence electrons. The maximum atomic E-state index is 11.4. The minimum absolute atomic E-state index is 0.0999. The van der Waals surface area contributed by atoms with Crippen LogP contribution >= 0.6 is 11.6 Å². The number of benzene rings is 1. The molecule has 0 spiro atoms. The summed E-state index contributed by atoms with van der Waals surface area (Å²) in [7, 11) is 1.74. The highest BCUT2D eigenvalue weighted by Gasteiger charge is 2.19. The van der Waals surface area contributed by atoms with E-state index in [2.05, 4.69) is 4.98 Å². The zero-order valence-corrected chi connectivity index (χ0v) is 12.9.